The van der Waals surface area contributed by atoms with Gasteiger partial charge in [-0.05, 0) is 44.7 Å². The van der Waals surface area contributed by atoms with E-state index in [0.29, 0.717) is 11.5 Å². The van der Waals surface area contributed by atoms with Gasteiger partial charge in [0.25, 0.3) is 0 Å². The SMILES string of the molecule is COC[C@H]1CC2(CCNCC2)CN1Cc1csc(C)n1. The predicted molar refractivity (Wildman–Crippen MR) is 82.1 cm³/mol. The van der Waals surface area contributed by atoms with Crippen LogP contribution in [0.4, 0.5) is 0 Å². The molecule has 1 aromatic rings. The highest BCUT2D eigenvalue weighted by Gasteiger charge is 2.44. The van der Waals surface area contributed by atoms with Gasteiger partial charge in [0.1, 0.15) is 0 Å². The van der Waals surface area contributed by atoms with Crippen LogP contribution in [0.2, 0.25) is 0 Å². The van der Waals surface area contributed by atoms with Crippen LogP contribution in [0.15, 0.2) is 5.38 Å². The topological polar surface area (TPSA) is 37.4 Å². The van der Waals surface area contributed by atoms with Gasteiger partial charge in [0.15, 0.2) is 0 Å². The predicted octanol–water partition coefficient (Wildman–Crippen LogP) is 2.04. The molecule has 5 heteroatoms. The number of piperidine rings is 1. The number of hydrogen-bond acceptors (Lipinski definition) is 5. The van der Waals surface area contributed by atoms with E-state index in [1.165, 1.54) is 49.6 Å². The molecule has 0 bridgehead atoms. The van der Waals surface area contributed by atoms with Crippen LogP contribution in [0.1, 0.15) is 30.0 Å². The van der Waals surface area contributed by atoms with Gasteiger partial charge in [-0.2, -0.15) is 0 Å². The fourth-order valence-corrected chi connectivity index (χ4v) is 4.41. The highest BCUT2D eigenvalue weighted by molar-refractivity contribution is 7.09. The van der Waals surface area contributed by atoms with Crippen molar-refractivity contribution >= 4 is 11.3 Å². The van der Waals surface area contributed by atoms with Crippen molar-refractivity contribution < 1.29 is 4.74 Å². The summed E-state index contributed by atoms with van der Waals surface area (Å²) in [6.45, 7) is 7.46. The standard InChI is InChI=1S/C15H25N3OS/c1-12-17-13(10-20-12)8-18-11-15(3-5-16-6-4-15)7-14(18)9-19-2/h10,14,16H,3-9,11H2,1-2H3/t14-/m1/s1. The van der Waals surface area contributed by atoms with Crippen LogP contribution in [0, 0.1) is 12.3 Å². The third-order valence-corrected chi connectivity index (χ3v) is 5.60. The van der Waals surface area contributed by atoms with Crippen molar-refractivity contribution in [3.63, 3.8) is 0 Å². The summed E-state index contributed by atoms with van der Waals surface area (Å²) in [5.41, 5.74) is 1.74. The maximum atomic E-state index is 5.46. The van der Waals surface area contributed by atoms with Gasteiger partial charge in [-0.15, -0.1) is 11.3 Å². The number of hydrogen-bond donors (Lipinski definition) is 1. The Bertz CT molecular complexity index is 442. The summed E-state index contributed by atoms with van der Waals surface area (Å²) in [7, 11) is 1.82. The summed E-state index contributed by atoms with van der Waals surface area (Å²) in [5.74, 6) is 0. The minimum atomic E-state index is 0.513. The van der Waals surface area contributed by atoms with Crippen LogP contribution in [0.3, 0.4) is 0 Å². The Hall–Kier alpha value is -0.490. The molecule has 0 amide bonds. The minimum Gasteiger partial charge on any atom is -0.383 e. The summed E-state index contributed by atoms with van der Waals surface area (Å²) < 4.78 is 5.46. The lowest BCUT2D eigenvalue weighted by atomic mass is 9.77. The number of aryl methyl sites for hydroxylation is 1. The zero-order valence-electron chi connectivity index (χ0n) is 12.5. The second-order valence-corrected chi connectivity index (χ2v) is 7.39. The molecule has 4 nitrogen and oxygen atoms in total. The summed E-state index contributed by atoms with van der Waals surface area (Å²) in [6, 6.07) is 0.556. The first-order valence-electron chi connectivity index (χ1n) is 7.55. The third-order valence-electron chi connectivity index (χ3n) is 4.78. The average molecular weight is 295 g/mol. The molecule has 1 atom stereocenters. The Balaban J connectivity index is 1.70. The Labute approximate surface area is 125 Å². The van der Waals surface area contributed by atoms with Gasteiger partial charge < -0.3 is 10.1 Å². The Morgan fingerprint density at radius 1 is 1.50 bits per heavy atom. The quantitative estimate of drug-likeness (QED) is 0.922. The van der Waals surface area contributed by atoms with Gasteiger partial charge in [0, 0.05) is 31.6 Å². The highest BCUT2D eigenvalue weighted by Crippen LogP contribution is 2.42. The van der Waals surface area contributed by atoms with E-state index in [-0.39, 0.29) is 0 Å². The van der Waals surface area contributed by atoms with Crippen molar-refractivity contribution in [3.8, 4) is 0 Å². The molecule has 2 fully saturated rings. The van der Waals surface area contributed by atoms with Crippen molar-refractivity contribution in [2.24, 2.45) is 5.41 Å². The van der Waals surface area contributed by atoms with Crippen molar-refractivity contribution in [2.45, 2.75) is 38.8 Å². The first kappa shape index (κ1) is 14.4. The van der Waals surface area contributed by atoms with E-state index < -0.39 is 0 Å². The van der Waals surface area contributed by atoms with Gasteiger partial charge >= 0.3 is 0 Å². The zero-order chi connectivity index (χ0) is 14.0. The number of nitrogens with one attached hydrogen (secondary N) is 1. The Morgan fingerprint density at radius 3 is 2.95 bits per heavy atom. The lowest BCUT2D eigenvalue weighted by molar-refractivity contribution is 0.111. The second-order valence-electron chi connectivity index (χ2n) is 6.33. The largest absolute Gasteiger partial charge is 0.383 e. The second kappa shape index (κ2) is 6.10. The summed E-state index contributed by atoms with van der Waals surface area (Å²) in [5, 5.41) is 6.86. The molecule has 1 N–H and O–H groups in total. The molecule has 3 heterocycles. The number of nitrogens with zero attached hydrogens (tertiary/aromatic N) is 2. The molecular formula is C15H25N3OS. The fraction of sp³-hybridized carbons (Fsp3) is 0.800. The van der Waals surface area contributed by atoms with Gasteiger partial charge in [-0.1, -0.05) is 0 Å². The number of aromatic nitrogens is 1. The molecule has 112 valence electrons. The van der Waals surface area contributed by atoms with E-state index in [2.05, 4.69) is 27.5 Å². The van der Waals surface area contributed by atoms with Crippen LogP contribution in [0.5, 0.6) is 0 Å². The molecule has 2 aliphatic rings. The summed E-state index contributed by atoms with van der Waals surface area (Å²) in [6.07, 6.45) is 3.89. The molecule has 3 rings (SSSR count). The average Bonchev–Trinajstić information content (AvgIpc) is 2.97. The van der Waals surface area contributed by atoms with Crippen molar-refractivity contribution in [2.75, 3.05) is 33.4 Å². The van der Waals surface area contributed by atoms with E-state index in [1.54, 1.807) is 11.3 Å². The first-order valence-corrected chi connectivity index (χ1v) is 8.43. The van der Waals surface area contributed by atoms with Gasteiger partial charge in [-0.25, -0.2) is 4.98 Å². The van der Waals surface area contributed by atoms with Crippen molar-refractivity contribution in [3.05, 3.63) is 16.1 Å². The number of thiazole rings is 1. The molecule has 0 radical (unpaired) electrons. The minimum absolute atomic E-state index is 0.513. The molecule has 0 unspecified atom stereocenters. The lowest BCUT2D eigenvalue weighted by Gasteiger charge is -2.33. The van der Waals surface area contributed by atoms with Crippen molar-refractivity contribution in [1.29, 1.82) is 0 Å². The molecule has 1 aromatic heterocycles. The number of likely N-dealkylation sites (tertiary alicyclic amines) is 1. The van der Waals surface area contributed by atoms with Crippen LogP contribution in [-0.2, 0) is 11.3 Å². The monoisotopic (exact) mass is 295 g/mol. The van der Waals surface area contributed by atoms with Crippen LogP contribution in [-0.4, -0.2) is 49.3 Å². The number of methoxy groups -OCH3 is 1. The Morgan fingerprint density at radius 2 is 2.30 bits per heavy atom. The summed E-state index contributed by atoms with van der Waals surface area (Å²) >= 11 is 1.75. The molecule has 0 aromatic carbocycles. The van der Waals surface area contributed by atoms with Crippen LogP contribution < -0.4 is 5.32 Å². The van der Waals surface area contributed by atoms with E-state index in [1.807, 2.05) is 7.11 Å². The van der Waals surface area contributed by atoms with E-state index in [9.17, 15) is 0 Å². The lowest BCUT2D eigenvalue weighted by Crippen LogP contribution is -2.38. The molecular weight excluding hydrogens is 270 g/mol. The smallest absolute Gasteiger partial charge is 0.0897 e. The third kappa shape index (κ3) is 3.06. The van der Waals surface area contributed by atoms with E-state index in [0.717, 1.165) is 13.2 Å². The van der Waals surface area contributed by atoms with Crippen molar-refractivity contribution in [1.82, 2.24) is 15.2 Å². The van der Waals surface area contributed by atoms with Gasteiger partial charge in [0.05, 0.1) is 17.3 Å². The zero-order valence-corrected chi connectivity index (χ0v) is 13.3. The van der Waals surface area contributed by atoms with Gasteiger partial charge in [0.2, 0.25) is 0 Å². The number of ether oxygens (including phenoxy) is 1. The molecule has 2 aliphatic heterocycles. The molecule has 0 aliphatic carbocycles. The summed E-state index contributed by atoms with van der Waals surface area (Å²) in [4.78, 5) is 7.23. The van der Waals surface area contributed by atoms with E-state index >= 15 is 0 Å². The highest BCUT2D eigenvalue weighted by atomic mass is 32.1. The normalized spacial score (nSPS) is 26.4. The molecule has 1 spiro atoms. The van der Waals surface area contributed by atoms with E-state index in [4.69, 9.17) is 4.74 Å². The molecule has 2 saturated heterocycles. The van der Waals surface area contributed by atoms with Crippen LogP contribution >= 0.6 is 11.3 Å². The molecule has 0 saturated carbocycles. The maximum absolute atomic E-state index is 5.46. The van der Waals surface area contributed by atoms with Gasteiger partial charge in [-0.3, -0.25) is 4.90 Å². The molecule has 20 heavy (non-hydrogen) atoms. The maximum Gasteiger partial charge on any atom is 0.0897 e. The number of rotatable bonds is 4. The Kier molecular flexibility index (Phi) is 4.40. The van der Waals surface area contributed by atoms with Crippen LogP contribution in [0.25, 0.3) is 0 Å². The fourth-order valence-electron chi connectivity index (χ4n) is 3.80. The first-order chi connectivity index (χ1) is 9.71.